The van der Waals surface area contributed by atoms with Crippen molar-refractivity contribution in [1.82, 2.24) is 9.97 Å². The number of hydrogen-bond acceptors (Lipinski definition) is 8. The highest BCUT2D eigenvalue weighted by Gasteiger charge is 2.13. The molecule has 0 spiro atoms. The molecule has 3 aromatic rings. The zero-order valence-electron chi connectivity index (χ0n) is 14.9. The topological polar surface area (TPSA) is 86.8 Å². The summed E-state index contributed by atoms with van der Waals surface area (Å²) in [6.07, 6.45) is 1.48. The normalized spacial score (nSPS) is 11.8. The molecular formula is C19H18N4O4. The van der Waals surface area contributed by atoms with Gasteiger partial charge in [0.2, 0.25) is 6.79 Å². The molecular weight excluding hydrogens is 348 g/mol. The highest BCUT2D eigenvalue weighted by Crippen LogP contribution is 2.35. The predicted octanol–water partition coefficient (Wildman–Crippen LogP) is 3.71. The van der Waals surface area contributed by atoms with Crippen molar-refractivity contribution in [2.75, 3.05) is 31.6 Å². The van der Waals surface area contributed by atoms with E-state index in [1.165, 1.54) is 6.33 Å². The number of fused-ring (bicyclic) bond motifs is 1. The van der Waals surface area contributed by atoms with Gasteiger partial charge in [0.15, 0.2) is 11.5 Å². The number of rotatable bonds is 6. The number of nitrogens with one attached hydrogen (secondary N) is 2. The summed E-state index contributed by atoms with van der Waals surface area (Å²) >= 11 is 0. The van der Waals surface area contributed by atoms with Crippen LogP contribution in [0, 0.1) is 0 Å². The first kappa shape index (κ1) is 16.8. The average Bonchev–Trinajstić information content (AvgIpc) is 3.16. The zero-order valence-corrected chi connectivity index (χ0v) is 14.9. The molecule has 2 N–H and O–H groups in total. The van der Waals surface area contributed by atoms with Crippen molar-refractivity contribution in [3.8, 4) is 23.0 Å². The molecule has 0 bridgehead atoms. The molecule has 0 saturated heterocycles. The molecule has 27 heavy (non-hydrogen) atoms. The van der Waals surface area contributed by atoms with Crippen molar-refractivity contribution in [3.63, 3.8) is 0 Å². The number of hydrogen-bond donors (Lipinski definition) is 2. The monoisotopic (exact) mass is 366 g/mol. The second kappa shape index (κ2) is 7.28. The summed E-state index contributed by atoms with van der Waals surface area (Å²) < 4.78 is 21.3. The third-order valence-corrected chi connectivity index (χ3v) is 3.98. The average molecular weight is 366 g/mol. The fourth-order valence-corrected chi connectivity index (χ4v) is 2.66. The minimum Gasteiger partial charge on any atom is -0.497 e. The van der Waals surface area contributed by atoms with E-state index in [9.17, 15) is 0 Å². The van der Waals surface area contributed by atoms with E-state index in [1.807, 2.05) is 30.3 Å². The van der Waals surface area contributed by atoms with Crippen molar-refractivity contribution in [1.29, 1.82) is 0 Å². The Morgan fingerprint density at radius 3 is 2.48 bits per heavy atom. The van der Waals surface area contributed by atoms with Gasteiger partial charge in [-0.2, -0.15) is 0 Å². The van der Waals surface area contributed by atoms with E-state index in [0.29, 0.717) is 28.9 Å². The van der Waals surface area contributed by atoms with Crippen LogP contribution in [-0.2, 0) is 0 Å². The van der Waals surface area contributed by atoms with Crippen LogP contribution in [0.4, 0.5) is 23.0 Å². The highest BCUT2D eigenvalue weighted by atomic mass is 16.7. The molecule has 0 fully saturated rings. The first-order chi connectivity index (χ1) is 13.2. The highest BCUT2D eigenvalue weighted by molar-refractivity contribution is 5.68. The molecule has 0 unspecified atom stereocenters. The lowest BCUT2D eigenvalue weighted by atomic mass is 10.2. The first-order valence-electron chi connectivity index (χ1n) is 8.23. The van der Waals surface area contributed by atoms with Gasteiger partial charge in [-0.25, -0.2) is 9.97 Å². The minimum absolute atomic E-state index is 0.240. The Bertz CT molecular complexity index is 964. The Labute approximate surface area is 156 Å². The summed E-state index contributed by atoms with van der Waals surface area (Å²) in [5, 5.41) is 6.45. The fraction of sp³-hybridized carbons (Fsp3) is 0.158. The Morgan fingerprint density at radius 2 is 1.67 bits per heavy atom. The maximum Gasteiger partial charge on any atom is 0.231 e. The molecule has 1 aromatic heterocycles. The molecule has 8 heteroatoms. The number of benzene rings is 2. The minimum atomic E-state index is 0.240. The summed E-state index contributed by atoms with van der Waals surface area (Å²) in [5.74, 6) is 4.06. The Balaban J connectivity index is 1.53. The molecule has 0 aliphatic carbocycles. The molecule has 2 heterocycles. The molecule has 0 amide bonds. The number of methoxy groups -OCH3 is 2. The quantitative estimate of drug-likeness (QED) is 0.683. The maximum atomic E-state index is 5.40. The van der Waals surface area contributed by atoms with E-state index >= 15 is 0 Å². The molecule has 0 atom stereocenters. The largest absolute Gasteiger partial charge is 0.497 e. The van der Waals surface area contributed by atoms with E-state index in [4.69, 9.17) is 18.9 Å². The standard InChI is InChI=1S/C19H18N4O4/c1-24-13-4-5-14(16(8-13)25-2)23-19-9-18(20-10-21-19)22-12-3-6-15-17(7-12)27-11-26-15/h3-10H,11H2,1-2H3,(H2,20,21,22,23). The number of ether oxygens (including phenoxy) is 4. The van der Waals surface area contributed by atoms with Crippen molar-refractivity contribution in [2.24, 2.45) is 0 Å². The second-order valence-corrected chi connectivity index (χ2v) is 5.67. The van der Waals surface area contributed by atoms with Crippen LogP contribution in [0.3, 0.4) is 0 Å². The molecule has 1 aliphatic heterocycles. The number of anilines is 4. The Kier molecular flexibility index (Phi) is 4.52. The SMILES string of the molecule is COc1ccc(Nc2cc(Nc3ccc4c(c3)OCO4)ncn2)c(OC)c1. The lowest BCUT2D eigenvalue weighted by molar-refractivity contribution is 0.174. The van der Waals surface area contributed by atoms with Gasteiger partial charge >= 0.3 is 0 Å². The lowest BCUT2D eigenvalue weighted by Gasteiger charge is -2.13. The van der Waals surface area contributed by atoms with Crippen LogP contribution in [0.25, 0.3) is 0 Å². The summed E-state index contributed by atoms with van der Waals surface area (Å²) in [6, 6.07) is 12.9. The predicted molar refractivity (Wildman–Crippen MR) is 101 cm³/mol. The van der Waals surface area contributed by atoms with Gasteiger partial charge in [-0.3, -0.25) is 0 Å². The van der Waals surface area contributed by atoms with Crippen LogP contribution in [0.2, 0.25) is 0 Å². The van der Waals surface area contributed by atoms with Gasteiger partial charge in [0.05, 0.1) is 19.9 Å². The number of nitrogens with zero attached hydrogens (tertiary/aromatic N) is 2. The fourth-order valence-electron chi connectivity index (χ4n) is 2.66. The van der Waals surface area contributed by atoms with Crippen LogP contribution in [0.1, 0.15) is 0 Å². The molecule has 1 aliphatic rings. The first-order valence-corrected chi connectivity index (χ1v) is 8.23. The van der Waals surface area contributed by atoms with E-state index in [2.05, 4.69) is 20.6 Å². The Hall–Kier alpha value is -3.68. The Morgan fingerprint density at radius 1 is 0.852 bits per heavy atom. The third-order valence-electron chi connectivity index (χ3n) is 3.98. The van der Waals surface area contributed by atoms with Gasteiger partial charge in [-0.05, 0) is 24.3 Å². The van der Waals surface area contributed by atoms with E-state index in [-0.39, 0.29) is 6.79 Å². The van der Waals surface area contributed by atoms with E-state index in [0.717, 1.165) is 17.1 Å². The van der Waals surface area contributed by atoms with Gasteiger partial charge < -0.3 is 29.6 Å². The lowest BCUT2D eigenvalue weighted by Crippen LogP contribution is -2.00. The molecule has 4 rings (SSSR count). The maximum absolute atomic E-state index is 5.40. The van der Waals surface area contributed by atoms with Crippen molar-refractivity contribution < 1.29 is 18.9 Å². The molecule has 2 aromatic carbocycles. The van der Waals surface area contributed by atoms with Crippen LogP contribution < -0.4 is 29.6 Å². The van der Waals surface area contributed by atoms with Crippen LogP contribution in [-0.4, -0.2) is 31.0 Å². The number of aromatic nitrogens is 2. The molecule has 138 valence electrons. The zero-order chi connectivity index (χ0) is 18.6. The van der Waals surface area contributed by atoms with Gasteiger partial charge in [0, 0.05) is 23.9 Å². The van der Waals surface area contributed by atoms with Gasteiger partial charge in [-0.1, -0.05) is 0 Å². The smallest absolute Gasteiger partial charge is 0.231 e. The van der Waals surface area contributed by atoms with Crippen molar-refractivity contribution in [3.05, 3.63) is 48.8 Å². The van der Waals surface area contributed by atoms with Crippen molar-refractivity contribution >= 4 is 23.0 Å². The molecule has 0 saturated carbocycles. The summed E-state index contributed by atoms with van der Waals surface area (Å²) in [6.45, 7) is 0.240. The molecule has 8 nitrogen and oxygen atoms in total. The van der Waals surface area contributed by atoms with E-state index in [1.54, 1.807) is 26.4 Å². The second-order valence-electron chi connectivity index (χ2n) is 5.67. The molecule has 0 radical (unpaired) electrons. The van der Waals surface area contributed by atoms with Crippen molar-refractivity contribution in [2.45, 2.75) is 0 Å². The van der Waals surface area contributed by atoms with Crippen LogP contribution in [0.5, 0.6) is 23.0 Å². The van der Waals surface area contributed by atoms with Gasteiger partial charge in [0.25, 0.3) is 0 Å². The van der Waals surface area contributed by atoms with Crippen LogP contribution >= 0.6 is 0 Å². The summed E-state index contributed by atoms with van der Waals surface area (Å²) in [7, 11) is 3.22. The summed E-state index contributed by atoms with van der Waals surface area (Å²) in [5.41, 5.74) is 1.61. The van der Waals surface area contributed by atoms with E-state index < -0.39 is 0 Å². The summed E-state index contributed by atoms with van der Waals surface area (Å²) in [4.78, 5) is 8.51. The van der Waals surface area contributed by atoms with Gasteiger partial charge in [0.1, 0.15) is 29.5 Å². The van der Waals surface area contributed by atoms with Gasteiger partial charge in [-0.15, -0.1) is 0 Å². The third kappa shape index (κ3) is 3.64. The van der Waals surface area contributed by atoms with Crippen LogP contribution in [0.15, 0.2) is 48.8 Å².